The van der Waals surface area contributed by atoms with Crippen molar-refractivity contribution >= 4 is 29.3 Å². The van der Waals surface area contributed by atoms with E-state index < -0.39 is 5.97 Å². The van der Waals surface area contributed by atoms with Gasteiger partial charge in [0.05, 0.1) is 24.5 Å². The third-order valence-electron chi connectivity index (χ3n) is 5.98. The number of anilines is 2. The fourth-order valence-electron chi connectivity index (χ4n) is 3.94. The molecule has 1 saturated carbocycles. The van der Waals surface area contributed by atoms with Crippen molar-refractivity contribution in [1.82, 2.24) is 0 Å². The number of hydrogen-bond acceptors (Lipinski definition) is 5. The first kappa shape index (κ1) is 23.5. The molecule has 2 N–H and O–H groups in total. The fraction of sp³-hybridized carbons (Fsp3) is 0.480. The number of nitrogens with zero attached hydrogens (tertiary/aromatic N) is 1. The number of benzene rings is 2. The maximum atomic E-state index is 11.7. The highest BCUT2D eigenvalue weighted by Gasteiger charge is 2.44. The molecule has 168 valence electrons. The van der Waals surface area contributed by atoms with E-state index >= 15 is 0 Å². The second kappa shape index (κ2) is 11.4. The standard InChI is InChI=1S/C23H28N2O3S.C2H6/c26-22(27)20-7-6-19(16-21(20)25-12-10-23(8-9-23)11-13-25)24-29-15-14-28-17-18-4-2-1-3-5-18;1-2/h1-7,16,24H,8-15,17H2,(H,26,27);1-2H3. The Bertz CT molecular complexity index is 830. The summed E-state index contributed by atoms with van der Waals surface area (Å²) >= 11 is 1.58. The third kappa shape index (κ3) is 6.65. The zero-order valence-electron chi connectivity index (χ0n) is 18.6. The number of ether oxygens (including phenoxy) is 1. The first-order valence-corrected chi connectivity index (χ1v) is 12.3. The van der Waals surface area contributed by atoms with Gasteiger partial charge in [-0.25, -0.2) is 4.79 Å². The SMILES string of the molecule is CC.O=C(O)c1ccc(NSCCOCc2ccccc2)cc1N1CCC2(CC1)CC2. The summed E-state index contributed by atoms with van der Waals surface area (Å²) in [6.07, 6.45) is 5.04. The van der Waals surface area contributed by atoms with Crippen molar-refractivity contribution in [3.05, 3.63) is 59.7 Å². The summed E-state index contributed by atoms with van der Waals surface area (Å²) in [6, 6.07) is 15.7. The van der Waals surface area contributed by atoms with Crippen LogP contribution in [0.25, 0.3) is 0 Å². The number of rotatable bonds is 9. The monoisotopic (exact) mass is 442 g/mol. The van der Waals surface area contributed by atoms with Crippen LogP contribution in [0.1, 0.15) is 55.5 Å². The van der Waals surface area contributed by atoms with Crippen LogP contribution in [0.2, 0.25) is 0 Å². The van der Waals surface area contributed by atoms with Gasteiger partial charge < -0.3 is 19.5 Å². The van der Waals surface area contributed by atoms with Gasteiger partial charge in [0.15, 0.2) is 0 Å². The molecule has 0 bridgehead atoms. The predicted octanol–water partition coefficient (Wildman–Crippen LogP) is 6.07. The van der Waals surface area contributed by atoms with Gasteiger partial charge >= 0.3 is 5.97 Å². The minimum absolute atomic E-state index is 0.387. The van der Waals surface area contributed by atoms with Gasteiger partial charge in [0.25, 0.3) is 0 Å². The van der Waals surface area contributed by atoms with E-state index in [0.29, 0.717) is 24.2 Å². The molecule has 4 rings (SSSR count). The normalized spacial score (nSPS) is 16.4. The lowest BCUT2D eigenvalue weighted by atomic mass is 9.93. The molecule has 0 atom stereocenters. The third-order valence-corrected chi connectivity index (χ3v) is 6.73. The van der Waals surface area contributed by atoms with E-state index in [2.05, 4.69) is 21.8 Å². The Balaban J connectivity index is 0.00000132. The predicted molar refractivity (Wildman–Crippen MR) is 130 cm³/mol. The number of carbonyl (C=O) groups is 1. The van der Waals surface area contributed by atoms with Crippen LogP contribution in [-0.4, -0.2) is 36.5 Å². The van der Waals surface area contributed by atoms with E-state index in [0.717, 1.165) is 30.2 Å². The molecule has 0 aromatic heterocycles. The van der Waals surface area contributed by atoms with Crippen molar-refractivity contribution < 1.29 is 14.6 Å². The topological polar surface area (TPSA) is 61.8 Å². The Hall–Kier alpha value is -2.18. The Morgan fingerprint density at radius 3 is 2.45 bits per heavy atom. The van der Waals surface area contributed by atoms with E-state index in [1.165, 1.54) is 31.2 Å². The average Bonchev–Trinajstić information content (AvgIpc) is 3.57. The summed E-state index contributed by atoms with van der Waals surface area (Å²) in [4.78, 5) is 13.9. The highest BCUT2D eigenvalue weighted by Crippen LogP contribution is 2.54. The molecule has 2 fully saturated rings. The molecular weight excluding hydrogens is 408 g/mol. The molecule has 1 aliphatic carbocycles. The Morgan fingerprint density at radius 2 is 1.81 bits per heavy atom. The van der Waals surface area contributed by atoms with Gasteiger partial charge in [0.2, 0.25) is 0 Å². The zero-order valence-corrected chi connectivity index (χ0v) is 19.4. The Morgan fingerprint density at radius 1 is 1.10 bits per heavy atom. The molecule has 2 aliphatic rings. The average molecular weight is 443 g/mol. The van der Waals surface area contributed by atoms with Crippen LogP contribution in [0.15, 0.2) is 48.5 Å². The summed E-state index contributed by atoms with van der Waals surface area (Å²) < 4.78 is 9.04. The molecule has 0 amide bonds. The fourth-order valence-corrected chi connectivity index (χ4v) is 4.53. The number of carboxylic acid groups (broad SMARTS) is 1. The molecular formula is C25H34N2O3S. The van der Waals surface area contributed by atoms with Crippen molar-refractivity contribution in [2.45, 2.75) is 46.1 Å². The van der Waals surface area contributed by atoms with E-state index in [9.17, 15) is 9.90 Å². The number of aromatic carboxylic acids is 1. The minimum atomic E-state index is -0.861. The summed E-state index contributed by atoms with van der Waals surface area (Å²) in [5.41, 5.74) is 3.90. The van der Waals surface area contributed by atoms with E-state index in [1.54, 1.807) is 18.0 Å². The lowest BCUT2D eigenvalue weighted by Crippen LogP contribution is -2.35. The number of hydrogen-bond donors (Lipinski definition) is 2. The van der Waals surface area contributed by atoms with Crippen LogP contribution < -0.4 is 9.62 Å². The molecule has 31 heavy (non-hydrogen) atoms. The largest absolute Gasteiger partial charge is 0.478 e. The molecule has 0 radical (unpaired) electrons. The molecule has 1 saturated heterocycles. The van der Waals surface area contributed by atoms with Gasteiger partial charge in [-0.05, 0) is 54.9 Å². The lowest BCUT2D eigenvalue weighted by Gasteiger charge is -2.34. The van der Waals surface area contributed by atoms with Crippen molar-refractivity contribution in [3.63, 3.8) is 0 Å². The molecule has 6 heteroatoms. The van der Waals surface area contributed by atoms with Crippen molar-refractivity contribution in [2.75, 3.05) is 35.1 Å². The second-order valence-electron chi connectivity index (χ2n) is 8.01. The number of piperidine rings is 1. The maximum absolute atomic E-state index is 11.7. The number of nitrogens with one attached hydrogen (secondary N) is 1. The van der Waals surface area contributed by atoms with Gasteiger partial charge in [-0.3, -0.25) is 0 Å². The van der Waals surface area contributed by atoms with E-state index in [4.69, 9.17) is 4.74 Å². The van der Waals surface area contributed by atoms with Crippen LogP contribution in [0.5, 0.6) is 0 Å². The molecule has 1 heterocycles. The molecule has 2 aromatic rings. The quantitative estimate of drug-likeness (QED) is 0.363. The molecule has 1 aliphatic heterocycles. The highest BCUT2D eigenvalue weighted by molar-refractivity contribution is 8.00. The molecule has 5 nitrogen and oxygen atoms in total. The minimum Gasteiger partial charge on any atom is -0.478 e. The van der Waals surface area contributed by atoms with Crippen LogP contribution >= 0.6 is 11.9 Å². The summed E-state index contributed by atoms with van der Waals surface area (Å²) in [7, 11) is 0. The van der Waals surface area contributed by atoms with Gasteiger partial charge in [0.1, 0.15) is 0 Å². The first-order valence-electron chi connectivity index (χ1n) is 11.3. The molecule has 0 unspecified atom stereocenters. The van der Waals surface area contributed by atoms with Gasteiger partial charge in [-0.15, -0.1) is 0 Å². The van der Waals surface area contributed by atoms with Crippen LogP contribution in [0, 0.1) is 5.41 Å². The molecule has 1 spiro atoms. The van der Waals surface area contributed by atoms with Gasteiger partial charge in [-0.1, -0.05) is 56.1 Å². The Kier molecular flexibility index (Phi) is 8.67. The van der Waals surface area contributed by atoms with E-state index in [1.807, 2.05) is 44.2 Å². The van der Waals surface area contributed by atoms with Crippen LogP contribution in [-0.2, 0) is 11.3 Å². The summed E-state index contributed by atoms with van der Waals surface area (Å²) in [5, 5.41) is 9.60. The van der Waals surface area contributed by atoms with E-state index in [-0.39, 0.29) is 0 Å². The molecule has 2 aromatic carbocycles. The second-order valence-corrected chi connectivity index (χ2v) is 8.91. The van der Waals surface area contributed by atoms with Gasteiger partial charge in [0, 0.05) is 24.5 Å². The lowest BCUT2D eigenvalue weighted by molar-refractivity contribution is 0.0697. The Labute approximate surface area is 190 Å². The van der Waals surface area contributed by atoms with Crippen molar-refractivity contribution in [3.8, 4) is 0 Å². The first-order chi connectivity index (χ1) is 15.2. The summed E-state index contributed by atoms with van der Waals surface area (Å²) in [6.45, 7) is 7.17. The summed E-state index contributed by atoms with van der Waals surface area (Å²) in [5.74, 6) is -0.0463. The maximum Gasteiger partial charge on any atom is 0.337 e. The number of carboxylic acids is 1. The van der Waals surface area contributed by atoms with Crippen molar-refractivity contribution in [1.29, 1.82) is 0 Å². The highest BCUT2D eigenvalue weighted by atomic mass is 32.2. The van der Waals surface area contributed by atoms with Crippen molar-refractivity contribution in [2.24, 2.45) is 5.41 Å². The van der Waals surface area contributed by atoms with Crippen LogP contribution in [0.4, 0.5) is 11.4 Å². The smallest absolute Gasteiger partial charge is 0.337 e. The van der Waals surface area contributed by atoms with Gasteiger partial charge in [-0.2, -0.15) is 0 Å². The zero-order chi connectivity index (χ0) is 22.1. The van der Waals surface area contributed by atoms with Crippen LogP contribution in [0.3, 0.4) is 0 Å².